The molecule has 0 saturated carbocycles. The molecule has 27 heavy (non-hydrogen) atoms. The summed E-state index contributed by atoms with van der Waals surface area (Å²) < 4.78 is 7.24. The van der Waals surface area contributed by atoms with E-state index >= 15 is 0 Å². The summed E-state index contributed by atoms with van der Waals surface area (Å²) in [5.41, 5.74) is 1.51. The van der Waals surface area contributed by atoms with Gasteiger partial charge in [0.1, 0.15) is 11.5 Å². The average Bonchev–Trinajstić information content (AvgIpc) is 3.10. The lowest BCUT2D eigenvalue weighted by molar-refractivity contribution is -0.123. The van der Waals surface area contributed by atoms with Crippen LogP contribution in [0.2, 0.25) is 0 Å². The first kappa shape index (κ1) is 19.2. The molecule has 1 aromatic heterocycles. The van der Waals surface area contributed by atoms with E-state index in [0.29, 0.717) is 10.9 Å². The fourth-order valence-corrected chi connectivity index (χ4v) is 3.56. The van der Waals surface area contributed by atoms with Crippen LogP contribution >= 0.6 is 11.8 Å². The van der Waals surface area contributed by atoms with E-state index in [1.165, 1.54) is 11.8 Å². The van der Waals surface area contributed by atoms with Crippen LogP contribution in [0.4, 0.5) is 0 Å². The van der Waals surface area contributed by atoms with Crippen LogP contribution in [0.1, 0.15) is 20.8 Å². The monoisotopic (exact) mass is 381 g/mol. The maximum atomic E-state index is 12.4. The van der Waals surface area contributed by atoms with Gasteiger partial charge in [-0.25, -0.2) is 0 Å². The van der Waals surface area contributed by atoms with Gasteiger partial charge in [0.25, 0.3) is 0 Å². The number of benzene rings is 2. The molecule has 0 atom stereocenters. The zero-order valence-electron chi connectivity index (χ0n) is 16.0. The Morgan fingerprint density at radius 2 is 1.70 bits per heavy atom. The minimum atomic E-state index is -0.375. The third-order valence-electron chi connectivity index (χ3n) is 4.16. The van der Waals surface area contributed by atoms with Crippen LogP contribution in [-0.2, 0) is 4.79 Å². The maximum Gasteiger partial charge on any atom is 0.196 e. The summed E-state index contributed by atoms with van der Waals surface area (Å²) in [6.07, 6.45) is 0. The molecule has 0 aliphatic rings. The second kappa shape index (κ2) is 7.96. The van der Waals surface area contributed by atoms with Crippen LogP contribution in [0.15, 0.2) is 59.8 Å². The van der Waals surface area contributed by atoms with Crippen LogP contribution in [0.5, 0.6) is 5.75 Å². The highest BCUT2D eigenvalue weighted by atomic mass is 32.2. The molecule has 3 rings (SSSR count). The highest BCUT2D eigenvalue weighted by Gasteiger charge is 2.23. The number of methoxy groups -OCH3 is 1. The van der Waals surface area contributed by atoms with Gasteiger partial charge in [0.05, 0.1) is 12.9 Å². The lowest BCUT2D eigenvalue weighted by Gasteiger charge is -2.16. The van der Waals surface area contributed by atoms with Crippen molar-refractivity contribution in [2.24, 2.45) is 5.41 Å². The summed E-state index contributed by atoms with van der Waals surface area (Å²) in [5.74, 6) is 2.06. The number of carbonyl (C=O) groups excluding carboxylic acids is 1. The van der Waals surface area contributed by atoms with Crippen LogP contribution in [0.25, 0.3) is 17.1 Å². The summed E-state index contributed by atoms with van der Waals surface area (Å²) in [5, 5.41) is 9.44. The molecule has 0 radical (unpaired) electrons. The molecule has 1 heterocycles. The molecule has 3 aromatic rings. The molecule has 0 amide bonds. The normalized spacial score (nSPS) is 11.4. The van der Waals surface area contributed by atoms with E-state index in [1.54, 1.807) is 7.11 Å². The highest BCUT2D eigenvalue weighted by molar-refractivity contribution is 7.99. The minimum Gasteiger partial charge on any atom is -0.497 e. The van der Waals surface area contributed by atoms with Crippen molar-refractivity contribution in [3.05, 3.63) is 54.6 Å². The molecule has 5 nitrogen and oxygen atoms in total. The van der Waals surface area contributed by atoms with Gasteiger partial charge in [-0.3, -0.25) is 9.36 Å². The second-order valence-electron chi connectivity index (χ2n) is 7.17. The summed E-state index contributed by atoms with van der Waals surface area (Å²) in [6, 6.07) is 17.6. The topological polar surface area (TPSA) is 57.0 Å². The van der Waals surface area contributed by atoms with Gasteiger partial charge in [-0.15, -0.1) is 10.2 Å². The van der Waals surface area contributed by atoms with Gasteiger partial charge in [-0.1, -0.05) is 62.9 Å². The number of nitrogens with zero attached hydrogens (tertiary/aromatic N) is 3. The van der Waals surface area contributed by atoms with E-state index in [2.05, 4.69) is 10.2 Å². The number of hydrogen-bond acceptors (Lipinski definition) is 5. The Hall–Kier alpha value is -2.60. The molecule has 0 aliphatic carbocycles. The van der Waals surface area contributed by atoms with Crippen LogP contribution in [-0.4, -0.2) is 33.4 Å². The number of aromatic nitrogens is 3. The fourth-order valence-electron chi connectivity index (χ4n) is 2.45. The smallest absolute Gasteiger partial charge is 0.196 e. The van der Waals surface area contributed by atoms with Gasteiger partial charge < -0.3 is 4.74 Å². The Balaban J connectivity index is 2.00. The summed E-state index contributed by atoms with van der Waals surface area (Å²) in [7, 11) is 1.64. The van der Waals surface area contributed by atoms with Gasteiger partial charge in [0.2, 0.25) is 0 Å². The number of carbonyl (C=O) groups is 1. The van der Waals surface area contributed by atoms with Gasteiger partial charge in [-0.2, -0.15) is 0 Å². The Morgan fingerprint density at radius 3 is 2.30 bits per heavy atom. The van der Waals surface area contributed by atoms with E-state index in [-0.39, 0.29) is 11.2 Å². The number of ketones is 1. The lowest BCUT2D eigenvalue weighted by Crippen LogP contribution is -2.22. The largest absolute Gasteiger partial charge is 0.497 e. The summed E-state index contributed by atoms with van der Waals surface area (Å²) in [6.45, 7) is 5.79. The van der Waals surface area contributed by atoms with Crippen LogP contribution in [0, 0.1) is 5.41 Å². The maximum absolute atomic E-state index is 12.4. The quantitative estimate of drug-likeness (QED) is 0.582. The van der Waals surface area contributed by atoms with E-state index in [9.17, 15) is 4.79 Å². The number of rotatable bonds is 6. The third kappa shape index (κ3) is 4.39. The average molecular weight is 382 g/mol. The van der Waals surface area contributed by atoms with Crippen molar-refractivity contribution in [3.8, 4) is 22.8 Å². The first-order chi connectivity index (χ1) is 12.9. The minimum absolute atomic E-state index is 0.179. The molecule has 2 aromatic carbocycles. The first-order valence-corrected chi connectivity index (χ1v) is 9.70. The van der Waals surface area contributed by atoms with E-state index in [4.69, 9.17) is 4.74 Å². The predicted octanol–water partition coefficient (Wildman–Crippen LogP) is 4.65. The Bertz CT molecular complexity index is 913. The van der Waals surface area contributed by atoms with Gasteiger partial charge in [0.15, 0.2) is 11.0 Å². The second-order valence-corrected chi connectivity index (χ2v) is 8.11. The molecule has 0 bridgehead atoms. The van der Waals surface area contributed by atoms with Crippen LogP contribution in [0.3, 0.4) is 0 Å². The van der Waals surface area contributed by atoms with E-state index in [0.717, 1.165) is 22.8 Å². The van der Waals surface area contributed by atoms with E-state index < -0.39 is 0 Å². The van der Waals surface area contributed by atoms with Crippen molar-refractivity contribution in [1.29, 1.82) is 0 Å². The Morgan fingerprint density at radius 1 is 1.04 bits per heavy atom. The van der Waals surface area contributed by atoms with Gasteiger partial charge in [0, 0.05) is 16.7 Å². The summed E-state index contributed by atoms with van der Waals surface area (Å²) >= 11 is 1.41. The number of ether oxygens (including phenoxy) is 1. The van der Waals surface area contributed by atoms with E-state index in [1.807, 2.05) is 79.9 Å². The van der Waals surface area contributed by atoms with Gasteiger partial charge >= 0.3 is 0 Å². The molecule has 0 fully saturated rings. The molecule has 0 N–H and O–H groups in total. The third-order valence-corrected chi connectivity index (χ3v) is 5.09. The molecule has 140 valence electrons. The number of thioether (sulfide) groups is 1. The van der Waals surface area contributed by atoms with Crippen molar-refractivity contribution >= 4 is 17.5 Å². The number of hydrogen-bond donors (Lipinski definition) is 0. The zero-order chi connectivity index (χ0) is 19.4. The Labute approximate surface area is 163 Å². The number of Topliss-reactive ketones (excluding diaryl/α,β-unsaturated/α-hetero) is 1. The van der Waals surface area contributed by atoms with Crippen LogP contribution < -0.4 is 4.74 Å². The molecular formula is C21H23N3O2S. The SMILES string of the molecule is COc1ccc(-n2c(SCC(=O)C(C)(C)C)nnc2-c2ccccc2)cc1. The van der Waals surface area contributed by atoms with Crippen molar-refractivity contribution in [2.45, 2.75) is 25.9 Å². The molecule has 0 saturated heterocycles. The van der Waals surface area contributed by atoms with Crippen molar-refractivity contribution in [1.82, 2.24) is 14.8 Å². The highest BCUT2D eigenvalue weighted by Crippen LogP contribution is 2.30. The molecule has 6 heteroatoms. The first-order valence-electron chi connectivity index (χ1n) is 8.71. The molecular weight excluding hydrogens is 358 g/mol. The van der Waals surface area contributed by atoms with Gasteiger partial charge in [-0.05, 0) is 24.3 Å². The summed E-state index contributed by atoms with van der Waals surface area (Å²) in [4.78, 5) is 12.4. The Kier molecular flexibility index (Phi) is 5.65. The molecule has 0 unspecified atom stereocenters. The van der Waals surface area contributed by atoms with Crippen molar-refractivity contribution in [2.75, 3.05) is 12.9 Å². The van der Waals surface area contributed by atoms with Crippen molar-refractivity contribution < 1.29 is 9.53 Å². The predicted molar refractivity (Wildman–Crippen MR) is 109 cm³/mol. The molecule has 0 aliphatic heterocycles. The zero-order valence-corrected chi connectivity index (χ0v) is 16.8. The lowest BCUT2D eigenvalue weighted by atomic mass is 9.92. The molecule has 0 spiro atoms. The van der Waals surface area contributed by atoms with Crippen molar-refractivity contribution in [3.63, 3.8) is 0 Å². The fraction of sp³-hybridized carbons (Fsp3) is 0.286. The standard InChI is InChI=1S/C21H23N3O2S/c1-21(2,3)18(25)14-27-20-23-22-19(15-8-6-5-7-9-15)24(20)16-10-12-17(26-4)13-11-16/h5-13H,14H2,1-4H3.